The maximum atomic E-state index is 13.1. The molecule has 6 heteroatoms. The van der Waals surface area contributed by atoms with Gasteiger partial charge in [-0.15, -0.1) is 0 Å². The number of halogens is 1. The van der Waals surface area contributed by atoms with Gasteiger partial charge in [-0.05, 0) is 18.2 Å². The summed E-state index contributed by atoms with van der Waals surface area (Å²) in [6.07, 6.45) is 0.146. The third-order valence-electron chi connectivity index (χ3n) is 3.06. The molecule has 1 aliphatic heterocycles. The Morgan fingerprint density at radius 2 is 2.32 bits per heavy atom. The van der Waals surface area contributed by atoms with Gasteiger partial charge in [0.2, 0.25) is 11.8 Å². The maximum absolute atomic E-state index is 13.1. The zero-order valence-electron chi connectivity index (χ0n) is 10.4. The lowest BCUT2D eigenvalue weighted by molar-refractivity contribution is -0.126. The van der Waals surface area contributed by atoms with Crippen LogP contribution in [0.15, 0.2) is 24.3 Å². The van der Waals surface area contributed by atoms with Crippen molar-refractivity contribution in [3.05, 3.63) is 30.1 Å². The van der Waals surface area contributed by atoms with Crippen molar-refractivity contribution in [1.82, 2.24) is 5.32 Å². The van der Waals surface area contributed by atoms with Crippen molar-refractivity contribution >= 4 is 17.5 Å². The summed E-state index contributed by atoms with van der Waals surface area (Å²) in [5.41, 5.74) is 5.79. The van der Waals surface area contributed by atoms with Crippen LogP contribution in [0.2, 0.25) is 0 Å². The first-order chi connectivity index (χ1) is 9.11. The molecule has 2 amide bonds. The summed E-state index contributed by atoms with van der Waals surface area (Å²) in [7, 11) is 0. The molecule has 1 aliphatic rings. The number of nitrogens with zero attached hydrogens (tertiary/aromatic N) is 1. The second-order valence-corrected chi connectivity index (χ2v) is 4.46. The fourth-order valence-electron chi connectivity index (χ4n) is 2.12. The summed E-state index contributed by atoms with van der Waals surface area (Å²) in [6.45, 7) is 1.03. The number of nitrogens with one attached hydrogen (secondary N) is 1. The van der Waals surface area contributed by atoms with E-state index in [-0.39, 0.29) is 24.8 Å². The Morgan fingerprint density at radius 3 is 3.00 bits per heavy atom. The highest BCUT2D eigenvalue weighted by molar-refractivity contribution is 6.00. The Labute approximate surface area is 110 Å². The van der Waals surface area contributed by atoms with Crippen molar-refractivity contribution < 1.29 is 14.0 Å². The summed E-state index contributed by atoms with van der Waals surface area (Å²) in [5.74, 6) is -1.15. The number of carbonyl (C=O) groups is 2. The number of benzene rings is 1. The van der Waals surface area contributed by atoms with Crippen LogP contribution in [-0.4, -0.2) is 31.4 Å². The molecule has 1 saturated heterocycles. The first kappa shape index (κ1) is 13.5. The van der Waals surface area contributed by atoms with Crippen molar-refractivity contribution in [2.75, 3.05) is 24.5 Å². The number of carbonyl (C=O) groups excluding carboxylic acids is 2. The fraction of sp³-hybridized carbons (Fsp3) is 0.385. The molecule has 5 nitrogen and oxygen atoms in total. The van der Waals surface area contributed by atoms with Gasteiger partial charge in [0, 0.05) is 31.7 Å². The topological polar surface area (TPSA) is 75.4 Å². The predicted molar refractivity (Wildman–Crippen MR) is 68.9 cm³/mol. The molecule has 0 bridgehead atoms. The standard InChI is InChI=1S/C13H16FN3O2/c14-10-2-1-3-11(7-10)17-8-9(6-12(17)18)13(19)16-5-4-15/h1-3,7,9H,4-6,8,15H2,(H,16,19). The first-order valence-electron chi connectivity index (χ1n) is 6.15. The summed E-state index contributed by atoms with van der Waals surface area (Å²) >= 11 is 0. The van der Waals surface area contributed by atoms with Gasteiger partial charge in [-0.3, -0.25) is 9.59 Å². The SMILES string of the molecule is NCCNC(=O)C1CC(=O)N(c2cccc(F)c2)C1. The lowest BCUT2D eigenvalue weighted by atomic mass is 10.1. The van der Waals surface area contributed by atoms with E-state index < -0.39 is 11.7 Å². The minimum Gasteiger partial charge on any atom is -0.355 e. The summed E-state index contributed by atoms with van der Waals surface area (Å²) in [4.78, 5) is 25.1. The van der Waals surface area contributed by atoms with Crippen LogP contribution in [0.4, 0.5) is 10.1 Å². The molecule has 1 aromatic rings. The van der Waals surface area contributed by atoms with Gasteiger partial charge in [-0.1, -0.05) is 6.07 Å². The molecule has 1 unspecified atom stereocenters. The lowest BCUT2D eigenvalue weighted by Gasteiger charge is -2.16. The van der Waals surface area contributed by atoms with Gasteiger partial charge in [0.15, 0.2) is 0 Å². The zero-order chi connectivity index (χ0) is 13.8. The molecule has 1 atom stereocenters. The number of anilines is 1. The van der Waals surface area contributed by atoms with Crippen LogP contribution in [-0.2, 0) is 9.59 Å². The third kappa shape index (κ3) is 3.08. The highest BCUT2D eigenvalue weighted by Gasteiger charge is 2.34. The second-order valence-electron chi connectivity index (χ2n) is 4.46. The van der Waals surface area contributed by atoms with E-state index in [1.165, 1.54) is 17.0 Å². The Morgan fingerprint density at radius 1 is 1.53 bits per heavy atom. The van der Waals surface area contributed by atoms with Crippen LogP contribution >= 0.6 is 0 Å². The number of rotatable bonds is 4. The fourth-order valence-corrected chi connectivity index (χ4v) is 2.12. The van der Waals surface area contributed by atoms with Crippen molar-refractivity contribution in [2.24, 2.45) is 11.7 Å². The molecule has 1 heterocycles. The van der Waals surface area contributed by atoms with Crippen LogP contribution in [0.3, 0.4) is 0 Å². The summed E-state index contributed by atoms with van der Waals surface area (Å²) < 4.78 is 13.1. The van der Waals surface area contributed by atoms with E-state index in [9.17, 15) is 14.0 Å². The average molecular weight is 265 g/mol. The predicted octanol–water partition coefficient (Wildman–Crippen LogP) is 0.253. The molecule has 3 N–H and O–H groups in total. The van der Waals surface area contributed by atoms with E-state index in [2.05, 4.69) is 5.32 Å². The van der Waals surface area contributed by atoms with Crippen molar-refractivity contribution in [2.45, 2.75) is 6.42 Å². The average Bonchev–Trinajstić information content (AvgIpc) is 2.78. The molecular weight excluding hydrogens is 249 g/mol. The number of hydrogen-bond acceptors (Lipinski definition) is 3. The summed E-state index contributed by atoms with van der Waals surface area (Å²) in [5, 5.41) is 2.66. The molecule has 0 aliphatic carbocycles. The van der Waals surface area contributed by atoms with E-state index in [0.717, 1.165) is 0 Å². The molecule has 1 aromatic carbocycles. The van der Waals surface area contributed by atoms with Crippen LogP contribution in [0.5, 0.6) is 0 Å². The van der Waals surface area contributed by atoms with E-state index in [0.29, 0.717) is 18.8 Å². The minimum absolute atomic E-state index is 0.146. The molecule has 102 valence electrons. The highest BCUT2D eigenvalue weighted by atomic mass is 19.1. The van der Waals surface area contributed by atoms with Gasteiger partial charge in [0.25, 0.3) is 0 Å². The number of amides is 2. The Bertz CT molecular complexity index is 493. The lowest BCUT2D eigenvalue weighted by Crippen LogP contribution is -2.35. The van der Waals surface area contributed by atoms with E-state index >= 15 is 0 Å². The largest absolute Gasteiger partial charge is 0.355 e. The van der Waals surface area contributed by atoms with E-state index in [4.69, 9.17) is 5.73 Å². The Balaban J connectivity index is 2.05. The molecule has 2 rings (SSSR count). The van der Waals surface area contributed by atoms with Gasteiger partial charge < -0.3 is 16.0 Å². The normalized spacial score (nSPS) is 18.7. The van der Waals surface area contributed by atoms with Gasteiger partial charge >= 0.3 is 0 Å². The monoisotopic (exact) mass is 265 g/mol. The van der Waals surface area contributed by atoms with Gasteiger partial charge in [-0.25, -0.2) is 4.39 Å². The molecule has 19 heavy (non-hydrogen) atoms. The minimum atomic E-state index is -0.402. The van der Waals surface area contributed by atoms with Crippen LogP contribution < -0.4 is 16.0 Å². The van der Waals surface area contributed by atoms with E-state index in [1.54, 1.807) is 12.1 Å². The van der Waals surface area contributed by atoms with Gasteiger partial charge in [0.05, 0.1) is 5.92 Å². The molecule has 0 radical (unpaired) electrons. The van der Waals surface area contributed by atoms with Crippen molar-refractivity contribution in [3.63, 3.8) is 0 Å². The van der Waals surface area contributed by atoms with Crippen LogP contribution in [0.25, 0.3) is 0 Å². The highest BCUT2D eigenvalue weighted by Crippen LogP contribution is 2.25. The quantitative estimate of drug-likeness (QED) is 0.819. The molecular formula is C13H16FN3O2. The number of nitrogens with two attached hydrogens (primary N) is 1. The summed E-state index contributed by atoms with van der Waals surface area (Å²) in [6, 6.07) is 5.80. The number of hydrogen-bond donors (Lipinski definition) is 2. The van der Waals surface area contributed by atoms with Gasteiger partial charge in [-0.2, -0.15) is 0 Å². The zero-order valence-corrected chi connectivity index (χ0v) is 10.4. The van der Waals surface area contributed by atoms with E-state index in [1.807, 2.05) is 0 Å². The Kier molecular flexibility index (Phi) is 4.11. The molecule has 0 spiro atoms. The second kappa shape index (κ2) is 5.79. The molecule has 1 fully saturated rings. The van der Waals surface area contributed by atoms with Gasteiger partial charge in [0.1, 0.15) is 5.82 Å². The maximum Gasteiger partial charge on any atom is 0.227 e. The van der Waals surface area contributed by atoms with Crippen molar-refractivity contribution in [1.29, 1.82) is 0 Å². The Hall–Kier alpha value is -1.95. The smallest absolute Gasteiger partial charge is 0.227 e. The van der Waals surface area contributed by atoms with Crippen molar-refractivity contribution in [3.8, 4) is 0 Å². The molecule has 0 saturated carbocycles. The third-order valence-corrected chi connectivity index (χ3v) is 3.06. The van der Waals surface area contributed by atoms with Crippen LogP contribution in [0.1, 0.15) is 6.42 Å². The first-order valence-corrected chi connectivity index (χ1v) is 6.15. The molecule has 0 aromatic heterocycles. The van der Waals surface area contributed by atoms with Crippen LogP contribution in [0, 0.1) is 11.7 Å².